The normalized spacial score (nSPS) is 10.8. The SMILES string of the molecule is CCOc1cc(Cl)c(/C=C(\C#N)C(=O)Nc2cccc([N+](=O)[O-])c2)cc1OCC. The van der Waals surface area contributed by atoms with Gasteiger partial charge in [-0.05, 0) is 37.6 Å². The summed E-state index contributed by atoms with van der Waals surface area (Å²) in [6, 6.07) is 10.4. The number of nitro groups is 1. The average Bonchev–Trinajstić information content (AvgIpc) is 2.69. The van der Waals surface area contributed by atoms with Gasteiger partial charge in [0.05, 0.1) is 23.2 Å². The maximum absolute atomic E-state index is 12.4. The highest BCUT2D eigenvalue weighted by atomic mass is 35.5. The van der Waals surface area contributed by atoms with Gasteiger partial charge in [-0.15, -0.1) is 0 Å². The Morgan fingerprint density at radius 2 is 1.90 bits per heavy atom. The second-order valence-corrected chi connectivity index (χ2v) is 6.03. The summed E-state index contributed by atoms with van der Waals surface area (Å²) >= 11 is 6.26. The lowest BCUT2D eigenvalue weighted by Crippen LogP contribution is -2.13. The number of amides is 1. The Kier molecular flexibility index (Phi) is 7.57. The number of non-ortho nitro benzene ring substituents is 1. The molecule has 2 aromatic carbocycles. The quantitative estimate of drug-likeness (QED) is 0.292. The van der Waals surface area contributed by atoms with Crippen molar-refractivity contribution in [3.05, 3.63) is 62.7 Å². The number of nitro benzene ring substituents is 1. The lowest BCUT2D eigenvalue weighted by molar-refractivity contribution is -0.384. The van der Waals surface area contributed by atoms with Gasteiger partial charge >= 0.3 is 0 Å². The van der Waals surface area contributed by atoms with E-state index in [-0.39, 0.29) is 22.0 Å². The molecule has 0 aliphatic heterocycles. The van der Waals surface area contributed by atoms with E-state index in [0.29, 0.717) is 30.3 Å². The van der Waals surface area contributed by atoms with Crippen molar-refractivity contribution in [3.63, 3.8) is 0 Å². The molecule has 0 saturated heterocycles. The molecule has 9 heteroatoms. The number of nitriles is 1. The van der Waals surface area contributed by atoms with E-state index in [9.17, 15) is 20.2 Å². The molecule has 150 valence electrons. The minimum atomic E-state index is -0.726. The van der Waals surface area contributed by atoms with Crippen molar-refractivity contribution in [1.29, 1.82) is 5.26 Å². The summed E-state index contributed by atoms with van der Waals surface area (Å²) in [6.07, 6.45) is 1.31. The zero-order chi connectivity index (χ0) is 21.4. The number of rotatable bonds is 8. The largest absolute Gasteiger partial charge is 0.490 e. The van der Waals surface area contributed by atoms with Gasteiger partial charge in [0.25, 0.3) is 11.6 Å². The van der Waals surface area contributed by atoms with Crippen molar-refractivity contribution in [2.75, 3.05) is 18.5 Å². The molecule has 1 amide bonds. The van der Waals surface area contributed by atoms with Gasteiger partial charge in [0, 0.05) is 23.9 Å². The van der Waals surface area contributed by atoms with Gasteiger partial charge in [-0.2, -0.15) is 5.26 Å². The minimum absolute atomic E-state index is 0.179. The number of nitrogens with zero attached hydrogens (tertiary/aromatic N) is 2. The molecule has 8 nitrogen and oxygen atoms in total. The Labute approximate surface area is 172 Å². The van der Waals surface area contributed by atoms with E-state index >= 15 is 0 Å². The van der Waals surface area contributed by atoms with Crippen molar-refractivity contribution >= 4 is 35.0 Å². The lowest BCUT2D eigenvalue weighted by atomic mass is 10.1. The number of ether oxygens (including phenoxy) is 2. The summed E-state index contributed by atoms with van der Waals surface area (Å²) in [5.41, 5.74) is 0.175. The molecule has 0 fully saturated rings. The van der Waals surface area contributed by atoms with Gasteiger partial charge in [0.1, 0.15) is 11.6 Å². The van der Waals surface area contributed by atoms with Crippen LogP contribution in [0.5, 0.6) is 11.5 Å². The summed E-state index contributed by atoms with van der Waals surface area (Å²) in [6.45, 7) is 4.44. The van der Waals surface area contributed by atoms with Gasteiger partial charge in [0.2, 0.25) is 0 Å². The molecule has 0 aliphatic carbocycles. The zero-order valence-electron chi connectivity index (χ0n) is 15.8. The Hall–Kier alpha value is -3.57. The number of anilines is 1. The predicted molar refractivity (Wildman–Crippen MR) is 109 cm³/mol. The number of nitrogens with one attached hydrogen (secondary N) is 1. The third kappa shape index (κ3) is 5.70. The minimum Gasteiger partial charge on any atom is -0.490 e. The highest BCUT2D eigenvalue weighted by Crippen LogP contribution is 2.34. The molecule has 1 N–H and O–H groups in total. The smallest absolute Gasteiger partial charge is 0.271 e. The molecule has 29 heavy (non-hydrogen) atoms. The topological polar surface area (TPSA) is 114 Å². The third-order valence-electron chi connectivity index (χ3n) is 3.64. The zero-order valence-corrected chi connectivity index (χ0v) is 16.5. The fraction of sp³-hybridized carbons (Fsp3) is 0.200. The molecule has 0 unspecified atom stereocenters. The van der Waals surface area contributed by atoms with E-state index in [4.69, 9.17) is 21.1 Å². The van der Waals surface area contributed by atoms with Crippen LogP contribution in [0.25, 0.3) is 6.08 Å². The Balaban J connectivity index is 2.34. The standard InChI is InChI=1S/C20H18ClN3O5/c1-3-28-18-9-13(17(21)11-19(18)29-4-2)8-14(12-22)20(25)23-15-6-5-7-16(10-15)24(26)27/h5-11H,3-4H2,1-2H3,(H,23,25)/b14-8+. The Bertz CT molecular complexity index is 998. The van der Waals surface area contributed by atoms with Crippen LogP contribution in [0.1, 0.15) is 19.4 Å². The Morgan fingerprint density at radius 1 is 1.24 bits per heavy atom. The first-order valence-corrected chi connectivity index (χ1v) is 9.04. The van der Waals surface area contributed by atoms with Gasteiger partial charge in [-0.1, -0.05) is 17.7 Å². The van der Waals surface area contributed by atoms with Crippen molar-refractivity contribution < 1.29 is 19.2 Å². The van der Waals surface area contributed by atoms with Gasteiger partial charge in [-0.3, -0.25) is 14.9 Å². The molecule has 0 aliphatic rings. The van der Waals surface area contributed by atoms with Crippen LogP contribution in [-0.4, -0.2) is 24.0 Å². The van der Waals surface area contributed by atoms with Crippen LogP contribution in [0.2, 0.25) is 5.02 Å². The summed E-state index contributed by atoms with van der Waals surface area (Å²) in [7, 11) is 0. The number of halogens is 1. The first kappa shape index (κ1) is 21.7. The molecule has 0 spiro atoms. The van der Waals surface area contributed by atoms with Crippen molar-refractivity contribution in [2.45, 2.75) is 13.8 Å². The van der Waals surface area contributed by atoms with Crippen LogP contribution in [0, 0.1) is 21.4 Å². The highest BCUT2D eigenvalue weighted by molar-refractivity contribution is 6.32. The fourth-order valence-electron chi connectivity index (χ4n) is 2.40. The number of hydrogen-bond acceptors (Lipinski definition) is 6. The summed E-state index contributed by atoms with van der Waals surface area (Å²) in [4.78, 5) is 22.7. The summed E-state index contributed by atoms with van der Waals surface area (Å²) in [5, 5.41) is 23.0. The molecule has 0 bridgehead atoms. The van der Waals surface area contributed by atoms with E-state index in [1.165, 1.54) is 30.3 Å². The van der Waals surface area contributed by atoms with Crippen LogP contribution in [0.3, 0.4) is 0 Å². The lowest BCUT2D eigenvalue weighted by Gasteiger charge is -2.13. The van der Waals surface area contributed by atoms with E-state index in [2.05, 4.69) is 5.32 Å². The number of carbonyl (C=O) groups excluding carboxylic acids is 1. The molecule has 2 rings (SSSR count). The number of hydrogen-bond donors (Lipinski definition) is 1. The van der Waals surface area contributed by atoms with Gasteiger partial charge in [0.15, 0.2) is 11.5 Å². The molecule has 2 aromatic rings. The highest BCUT2D eigenvalue weighted by Gasteiger charge is 2.15. The maximum atomic E-state index is 12.4. The van der Waals surface area contributed by atoms with Gasteiger partial charge < -0.3 is 14.8 Å². The predicted octanol–water partition coefficient (Wildman–Crippen LogP) is 4.59. The molecular formula is C20H18ClN3O5. The number of carbonyl (C=O) groups is 1. The van der Waals surface area contributed by atoms with Crippen molar-refractivity contribution in [1.82, 2.24) is 0 Å². The maximum Gasteiger partial charge on any atom is 0.271 e. The first-order valence-electron chi connectivity index (χ1n) is 8.66. The second-order valence-electron chi connectivity index (χ2n) is 5.62. The van der Waals surface area contributed by atoms with Gasteiger partial charge in [-0.25, -0.2) is 0 Å². The first-order chi connectivity index (χ1) is 13.9. The summed E-state index contributed by atoms with van der Waals surface area (Å²) in [5.74, 6) is 0.161. The fourth-order valence-corrected chi connectivity index (χ4v) is 2.61. The third-order valence-corrected chi connectivity index (χ3v) is 3.97. The second kappa shape index (κ2) is 10.1. The van der Waals surface area contributed by atoms with E-state index in [0.717, 1.165) is 0 Å². The molecule has 0 aromatic heterocycles. The van der Waals surface area contributed by atoms with Crippen LogP contribution in [0.15, 0.2) is 42.0 Å². The average molecular weight is 416 g/mol. The monoisotopic (exact) mass is 415 g/mol. The molecule has 0 radical (unpaired) electrons. The van der Waals surface area contributed by atoms with Crippen molar-refractivity contribution in [2.24, 2.45) is 0 Å². The molecular weight excluding hydrogens is 398 g/mol. The van der Waals surface area contributed by atoms with Crippen LogP contribution >= 0.6 is 11.6 Å². The Morgan fingerprint density at radius 3 is 2.48 bits per heavy atom. The van der Waals surface area contributed by atoms with E-state index < -0.39 is 10.8 Å². The van der Waals surface area contributed by atoms with Crippen LogP contribution < -0.4 is 14.8 Å². The van der Waals surface area contributed by atoms with E-state index in [1.54, 1.807) is 12.1 Å². The van der Waals surface area contributed by atoms with Crippen LogP contribution in [0.4, 0.5) is 11.4 Å². The van der Waals surface area contributed by atoms with Crippen molar-refractivity contribution in [3.8, 4) is 17.6 Å². The molecule has 0 atom stereocenters. The van der Waals surface area contributed by atoms with Crippen LogP contribution in [-0.2, 0) is 4.79 Å². The molecule has 0 heterocycles. The van der Waals surface area contributed by atoms with E-state index in [1.807, 2.05) is 19.9 Å². The number of benzene rings is 2. The molecule has 0 saturated carbocycles. The summed E-state index contributed by atoms with van der Waals surface area (Å²) < 4.78 is 11.0.